The monoisotopic (exact) mass is 532 g/mol. The highest BCUT2D eigenvalue weighted by atomic mass is 32.2. The van der Waals surface area contributed by atoms with Gasteiger partial charge in [-0.25, -0.2) is 13.2 Å². The lowest BCUT2D eigenvalue weighted by molar-refractivity contribution is -0.139. The molecule has 1 saturated heterocycles. The molecule has 2 aliphatic heterocycles. The molecule has 0 radical (unpaired) electrons. The third-order valence-corrected chi connectivity index (χ3v) is 8.70. The highest BCUT2D eigenvalue weighted by molar-refractivity contribution is 7.89. The van der Waals surface area contributed by atoms with Crippen LogP contribution in [0.2, 0.25) is 0 Å². The van der Waals surface area contributed by atoms with Crippen LogP contribution in [0.25, 0.3) is 0 Å². The molecule has 2 fully saturated rings. The van der Waals surface area contributed by atoms with E-state index in [0.717, 1.165) is 22.7 Å². The molecule has 3 amide bonds. The molecule has 0 spiro atoms. The topological polar surface area (TPSA) is 116 Å². The molecule has 3 aliphatic rings. The van der Waals surface area contributed by atoms with E-state index in [0.29, 0.717) is 32.5 Å². The molecular weight excluding hydrogens is 496 g/mol. The number of aryl methyl sites for hydroxylation is 1. The van der Waals surface area contributed by atoms with E-state index in [1.165, 1.54) is 24.5 Å². The minimum Gasteiger partial charge on any atom is -0.449 e. The Morgan fingerprint density at radius 3 is 2.30 bits per heavy atom. The molecule has 1 saturated carbocycles. The maximum atomic E-state index is 13.6. The number of sulfonamides is 1. The van der Waals surface area contributed by atoms with Gasteiger partial charge in [-0.05, 0) is 50.7 Å². The van der Waals surface area contributed by atoms with E-state index < -0.39 is 22.0 Å². The first kappa shape index (κ1) is 27.0. The Bertz CT molecular complexity index is 1140. The highest BCUT2D eigenvalue weighted by Crippen LogP contribution is 2.34. The highest BCUT2D eigenvalue weighted by Gasteiger charge is 2.43. The van der Waals surface area contributed by atoms with Gasteiger partial charge in [-0.15, -0.1) is 0 Å². The van der Waals surface area contributed by atoms with Gasteiger partial charge in [0.1, 0.15) is 6.04 Å². The van der Waals surface area contributed by atoms with Crippen LogP contribution in [-0.2, 0) is 24.3 Å². The van der Waals surface area contributed by atoms with Crippen LogP contribution in [0.1, 0.15) is 51.5 Å². The molecule has 1 aliphatic carbocycles. The maximum Gasteiger partial charge on any atom is 0.409 e. The summed E-state index contributed by atoms with van der Waals surface area (Å²) < 4.78 is 33.1. The van der Waals surface area contributed by atoms with Crippen molar-refractivity contribution >= 4 is 27.9 Å². The predicted octanol–water partition coefficient (Wildman–Crippen LogP) is 2.59. The largest absolute Gasteiger partial charge is 0.449 e. The zero-order valence-corrected chi connectivity index (χ0v) is 22.4. The van der Waals surface area contributed by atoms with Crippen LogP contribution in [0.15, 0.2) is 41.6 Å². The summed E-state index contributed by atoms with van der Waals surface area (Å²) >= 11 is 0. The van der Waals surface area contributed by atoms with Gasteiger partial charge >= 0.3 is 6.09 Å². The molecule has 10 nitrogen and oxygen atoms in total. The number of carbonyl (C=O) groups excluding carboxylic acids is 3. The average Bonchev–Trinajstić information content (AvgIpc) is 3.69. The quantitative estimate of drug-likeness (QED) is 0.550. The fourth-order valence-corrected chi connectivity index (χ4v) is 6.21. The van der Waals surface area contributed by atoms with Crippen molar-refractivity contribution in [1.29, 1.82) is 0 Å². The molecule has 2 heterocycles. The second-order valence-corrected chi connectivity index (χ2v) is 12.3. The summed E-state index contributed by atoms with van der Waals surface area (Å²) in [4.78, 5) is 42.3. The van der Waals surface area contributed by atoms with Crippen molar-refractivity contribution in [2.75, 3.05) is 19.7 Å². The van der Waals surface area contributed by atoms with Crippen LogP contribution in [0, 0.1) is 12.8 Å². The predicted molar refractivity (Wildman–Crippen MR) is 137 cm³/mol. The summed E-state index contributed by atoms with van der Waals surface area (Å²) in [5, 5.41) is 2.55. The van der Waals surface area contributed by atoms with E-state index in [1.54, 1.807) is 17.0 Å². The Kier molecular flexibility index (Phi) is 8.11. The van der Waals surface area contributed by atoms with Crippen LogP contribution in [0.4, 0.5) is 4.79 Å². The van der Waals surface area contributed by atoms with E-state index in [2.05, 4.69) is 5.32 Å². The molecule has 1 N–H and O–H groups in total. The third kappa shape index (κ3) is 6.26. The Morgan fingerprint density at radius 1 is 1.08 bits per heavy atom. The molecule has 1 aromatic rings. The third-order valence-electron chi connectivity index (χ3n) is 6.91. The van der Waals surface area contributed by atoms with E-state index in [9.17, 15) is 22.8 Å². The first-order valence-corrected chi connectivity index (χ1v) is 14.3. The second-order valence-electron chi connectivity index (χ2n) is 10.4. The lowest BCUT2D eigenvalue weighted by Gasteiger charge is -2.39. The van der Waals surface area contributed by atoms with Crippen LogP contribution in [0.5, 0.6) is 0 Å². The Hall–Kier alpha value is -3.08. The molecular formula is C26H36N4O6S. The molecule has 0 unspecified atom stereocenters. The summed E-state index contributed by atoms with van der Waals surface area (Å²) in [6.45, 7) is 7.16. The molecule has 4 rings (SSSR count). The van der Waals surface area contributed by atoms with Gasteiger partial charge in [-0.3, -0.25) is 13.9 Å². The van der Waals surface area contributed by atoms with Crippen molar-refractivity contribution in [2.45, 2.75) is 75.9 Å². The lowest BCUT2D eigenvalue weighted by atomic mass is 10.0. The number of hydrogen-bond donors (Lipinski definition) is 1. The number of carbonyl (C=O) groups is 3. The fraction of sp³-hybridized carbons (Fsp3) is 0.577. The van der Waals surface area contributed by atoms with Gasteiger partial charge in [0.15, 0.2) is 0 Å². The Balaban J connectivity index is 1.45. The van der Waals surface area contributed by atoms with Gasteiger partial charge in [0.05, 0.1) is 17.9 Å². The smallest absolute Gasteiger partial charge is 0.409 e. The van der Waals surface area contributed by atoms with Gasteiger partial charge < -0.3 is 19.9 Å². The van der Waals surface area contributed by atoms with E-state index in [1.807, 2.05) is 25.7 Å². The van der Waals surface area contributed by atoms with Crippen LogP contribution >= 0.6 is 0 Å². The molecule has 11 heteroatoms. The van der Waals surface area contributed by atoms with Crippen molar-refractivity contribution in [3.05, 3.63) is 42.2 Å². The summed E-state index contributed by atoms with van der Waals surface area (Å²) in [6, 6.07) is 5.22. The maximum absolute atomic E-state index is 13.6. The molecule has 1 atom stereocenters. The number of nitrogens with one attached hydrogen (secondary N) is 1. The minimum atomic E-state index is -4.03. The molecule has 37 heavy (non-hydrogen) atoms. The molecule has 0 bridgehead atoms. The standard InChI is InChI=1S/C26H36N4O6S/c1-18(2)17-36-26(33)28-13-10-21(11-14-28)30(20-6-7-20)24(31)16-23-25(32)27-12-15-29(23)37(34,35)22-8-4-19(3)5-9-22/h4-5,8-9,12,15,18,20-21,23H,6-7,10-11,13-14,16-17H2,1-3H3,(H,27,32)/t23-/m1/s1. The van der Waals surface area contributed by atoms with Crippen molar-refractivity contribution < 1.29 is 27.5 Å². The van der Waals surface area contributed by atoms with Crippen molar-refractivity contribution in [1.82, 2.24) is 19.4 Å². The van der Waals surface area contributed by atoms with Gasteiger partial charge in [0.2, 0.25) is 11.8 Å². The van der Waals surface area contributed by atoms with Gasteiger partial charge in [0, 0.05) is 37.6 Å². The number of benzene rings is 1. The Labute approximate surface area is 218 Å². The average molecular weight is 533 g/mol. The first-order chi connectivity index (χ1) is 17.6. The number of piperidine rings is 1. The number of nitrogens with zero attached hydrogens (tertiary/aromatic N) is 3. The van der Waals surface area contributed by atoms with Crippen molar-refractivity contribution in [3.8, 4) is 0 Å². The van der Waals surface area contributed by atoms with Gasteiger partial charge in [-0.1, -0.05) is 31.5 Å². The van der Waals surface area contributed by atoms with Crippen LogP contribution in [-0.4, -0.2) is 78.3 Å². The fourth-order valence-electron chi connectivity index (χ4n) is 4.76. The summed E-state index contributed by atoms with van der Waals surface area (Å²) in [5.74, 6) is -0.529. The van der Waals surface area contributed by atoms with Gasteiger partial charge in [-0.2, -0.15) is 0 Å². The zero-order valence-electron chi connectivity index (χ0n) is 21.6. The number of rotatable bonds is 8. The molecule has 1 aromatic carbocycles. The van der Waals surface area contributed by atoms with Crippen molar-refractivity contribution in [2.24, 2.45) is 5.92 Å². The number of amides is 3. The second kappa shape index (κ2) is 11.1. The number of ether oxygens (including phenoxy) is 1. The number of likely N-dealkylation sites (tertiary alicyclic amines) is 1. The summed E-state index contributed by atoms with van der Waals surface area (Å²) in [7, 11) is -4.03. The SMILES string of the molecule is Cc1ccc(S(=O)(=O)N2C=CNC(=O)[C@H]2CC(=O)N(C2CC2)C2CCN(C(=O)OCC(C)C)CC2)cc1. The molecule has 0 aromatic heterocycles. The number of hydrogen-bond acceptors (Lipinski definition) is 6. The zero-order chi connectivity index (χ0) is 26.7. The van der Waals surface area contributed by atoms with Crippen molar-refractivity contribution in [3.63, 3.8) is 0 Å². The van der Waals surface area contributed by atoms with Crippen LogP contribution < -0.4 is 5.32 Å². The normalized spacial score (nSPS) is 20.6. The van der Waals surface area contributed by atoms with Crippen LogP contribution in [0.3, 0.4) is 0 Å². The van der Waals surface area contributed by atoms with E-state index in [-0.39, 0.29) is 41.3 Å². The Morgan fingerprint density at radius 2 is 1.70 bits per heavy atom. The van der Waals surface area contributed by atoms with E-state index >= 15 is 0 Å². The lowest BCUT2D eigenvalue weighted by Crippen LogP contribution is -2.54. The first-order valence-electron chi connectivity index (χ1n) is 12.9. The van der Waals surface area contributed by atoms with E-state index in [4.69, 9.17) is 4.74 Å². The summed E-state index contributed by atoms with van der Waals surface area (Å²) in [5.41, 5.74) is 0.914. The van der Waals surface area contributed by atoms with Gasteiger partial charge in [0.25, 0.3) is 10.0 Å². The molecule has 202 valence electrons. The minimum absolute atomic E-state index is 0.0608. The summed E-state index contributed by atoms with van der Waals surface area (Å²) in [6.07, 6.45) is 4.98.